The predicted octanol–water partition coefficient (Wildman–Crippen LogP) is 3.33. The Morgan fingerprint density at radius 3 is 2.21 bits per heavy atom. The van der Waals surface area contributed by atoms with Crippen molar-refractivity contribution in [3.8, 4) is 0 Å². The second-order valence-corrected chi connectivity index (χ2v) is 10.5. The highest BCUT2D eigenvalue weighted by molar-refractivity contribution is 7.92. The number of hydrogen-bond donors (Lipinski definition) is 2. The summed E-state index contributed by atoms with van der Waals surface area (Å²) in [5.74, 6) is -2.08. The number of benzene rings is 2. The third kappa shape index (κ3) is 5.41. The fourth-order valence-electron chi connectivity index (χ4n) is 2.55. The maximum atomic E-state index is 13.9. The number of rotatable bonds is 6. The molecule has 2 aromatic rings. The molecule has 2 N–H and O–H groups in total. The van der Waals surface area contributed by atoms with Crippen LogP contribution >= 0.6 is 0 Å². The van der Waals surface area contributed by atoms with Gasteiger partial charge >= 0.3 is 0 Å². The molecule has 0 atom stereocenters. The molecule has 2 rings (SSSR count). The van der Waals surface area contributed by atoms with Gasteiger partial charge in [-0.25, -0.2) is 12.8 Å². The van der Waals surface area contributed by atoms with Crippen LogP contribution in [0.5, 0.6) is 0 Å². The van der Waals surface area contributed by atoms with Crippen LogP contribution in [-0.2, 0) is 9.84 Å². The Labute approximate surface area is 170 Å². The molecule has 0 aliphatic rings. The van der Waals surface area contributed by atoms with E-state index in [4.69, 9.17) is 0 Å². The summed E-state index contributed by atoms with van der Waals surface area (Å²) in [6.45, 7) is 6.44. The van der Waals surface area contributed by atoms with E-state index < -0.39 is 32.2 Å². The molecule has 0 radical (unpaired) electrons. The molecule has 0 aliphatic heterocycles. The lowest BCUT2D eigenvalue weighted by Gasteiger charge is -2.19. The number of carbonyl (C=O) groups is 2. The van der Waals surface area contributed by atoms with Crippen molar-refractivity contribution in [2.24, 2.45) is 0 Å². The topological polar surface area (TPSA) is 92.3 Å². The van der Waals surface area contributed by atoms with Gasteiger partial charge in [0.1, 0.15) is 5.82 Å². The molecule has 8 heteroatoms. The molecular formula is C21H25FN2O4S. The van der Waals surface area contributed by atoms with Crippen LogP contribution in [0.3, 0.4) is 0 Å². The maximum Gasteiger partial charge on any atom is 0.258 e. The van der Waals surface area contributed by atoms with Gasteiger partial charge in [0.2, 0.25) is 0 Å². The Hall–Kier alpha value is -2.74. The lowest BCUT2D eigenvalue weighted by molar-refractivity contribution is 0.0957. The van der Waals surface area contributed by atoms with E-state index in [1.54, 1.807) is 45.9 Å². The Kier molecular flexibility index (Phi) is 6.79. The quantitative estimate of drug-likeness (QED) is 0.750. The second kappa shape index (κ2) is 8.73. The summed E-state index contributed by atoms with van der Waals surface area (Å²) in [5, 5.41) is 5.17. The van der Waals surface area contributed by atoms with E-state index in [-0.39, 0.29) is 29.1 Å². The van der Waals surface area contributed by atoms with Crippen molar-refractivity contribution in [1.82, 2.24) is 5.32 Å². The minimum Gasteiger partial charge on any atom is -0.351 e. The van der Waals surface area contributed by atoms with Crippen molar-refractivity contribution in [3.63, 3.8) is 0 Å². The van der Waals surface area contributed by atoms with Crippen LogP contribution in [0.4, 0.5) is 10.1 Å². The largest absolute Gasteiger partial charge is 0.351 e. The van der Waals surface area contributed by atoms with Crippen LogP contribution in [0.2, 0.25) is 0 Å². The number of carbonyl (C=O) groups excluding carboxylic acids is 2. The van der Waals surface area contributed by atoms with Crippen LogP contribution in [0.1, 0.15) is 47.1 Å². The first-order chi connectivity index (χ1) is 13.4. The Morgan fingerprint density at radius 1 is 0.966 bits per heavy atom. The van der Waals surface area contributed by atoms with Crippen molar-refractivity contribution in [2.45, 2.75) is 32.4 Å². The zero-order valence-corrected chi connectivity index (χ0v) is 17.7. The third-order valence-electron chi connectivity index (χ3n) is 4.46. The molecule has 0 aliphatic carbocycles. The number of hydrogen-bond acceptors (Lipinski definition) is 4. The normalized spacial score (nSPS) is 11.8. The summed E-state index contributed by atoms with van der Waals surface area (Å²) in [6, 6.07) is 10.4. The zero-order valence-electron chi connectivity index (χ0n) is 16.9. The summed E-state index contributed by atoms with van der Waals surface area (Å²) in [7, 11) is -3.38. The molecule has 0 unspecified atom stereocenters. The summed E-state index contributed by atoms with van der Waals surface area (Å²) >= 11 is 0. The average molecular weight is 421 g/mol. The van der Waals surface area contributed by atoms with Crippen molar-refractivity contribution in [3.05, 3.63) is 65.0 Å². The van der Waals surface area contributed by atoms with Crippen LogP contribution in [0, 0.1) is 12.7 Å². The van der Waals surface area contributed by atoms with Crippen LogP contribution in [0.25, 0.3) is 0 Å². The van der Waals surface area contributed by atoms with Crippen molar-refractivity contribution >= 4 is 27.3 Å². The highest BCUT2D eigenvalue weighted by Gasteiger charge is 2.28. The van der Waals surface area contributed by atoms with Gasteiger partial charge in [0.15, 0.2) is 9.84 Å². The maximum absolute atomic E-state index is 13.9. The fourth-order valence-corrected chi connectivity index (χ4v) is 3.53. The van der Waals surface area contributed by atoms with Crippen molar-refractivity contribution in [1.29, 1.82) is 0 Å². The minimum atomic E-state index is -3.38. The number of halogens is 1. The summed E-state index contributed by atoms with van der Waals surface area (Å²) in [6.07, 6.45) is 0. The van der Waals surface area contributed by atoms with E-state index in [0.29, 0.717) is 5.56 Å². The summed E-state index contributed by atoms with van der Waals surface area (Å²) < 4.78 is 37.3. The molecule has 0 aromatic heterocycles. The number of sulfone groups is 1. The minimum absolute atomic E-state index is 0.0624. The summed E-state index contributed by atoms with van der Waals surface area (Å²) in [5.41, 5.74) is 0.891. The SMILES string of the molecule is Cc1cccc(C(=O)NCCS(=O)(=O)C(C)(C)C)c1NC(=O)c1ccccc1F. The lowest BCUT2D eigenvalue weighted by atomic mass is 10.1. The second-order valence-electron chi connectivity index (χ2n) is 7.62. The van der Waals surface area contributed by atoms with E-state index in [1.807, 2.05) is 0 Å². The number of para-hydroxylation sites is 1. The van der Waals surface area contributed by atoms with E-state index in [1.165, 1.54) is 24.3 Å². The van der Waals surface area contributed by atoms with Gasteiger partial charge < -0.3 is 10.6 Å². The van der Waals surface area contributed by atoms with Crippen molar-refractivity contribution < 1.29 is 22.4 Å². The Balaban J connectivity index is 2.18. The molecule has 29 heavy (non-hydrogen) atoms. The lowest BCUT2D eigenvalue weighted by Crippen LogP contribution is -2.36. The van der Waals surface area contributed by atoms with Crippen LogP contribution in [0.15, 0.2) is 42.5 Å². The zero-order chi connectivity index (χ0) is 21.8. The first kappa shape index (κ1) is 22.5. The molecular weight excluding hydrogens is 395 g/mol. The van der Waals surface area contributed by atoms with Crippen LogP contribution in [-0.4, -0.2) is 37.3 Å². The summed E-state index contributed by atoms with van der Waals surface area (Å²) in [4.78, 5) is 25.1. The molecule has 0 fully saturated rings. The van der Waals surface area contributed by atoms with Gasteiger partial charge in [-0.05, 0) is 51.5 Å². The van der Waals surface area contributed by atoms with Gasteiger partial charge in [0.05, 0.1) is 27.3 Å². The van der Waals surface area contributed by atoms with E-state index >= 15 is 0 Å². The Morgan fingerprint density at radius 2 is 1.59 bits per heavy atom. The molecule has 0 saturated carbocycles. The van der Waals surface area contributed by atoms with Gasteiger partial charge in [-0.1, -0.05) is 24.3 Å². The molecule has 0 heterocycles. The van der Waals surface area contributed by atoms with Gasteiger partial charge in [-0.3, -0.25) is 9.59 Å². The number of anilines is 1. The number of aryl methyl sites for hydroxylation is 1. The van der Waals surface area contributed by atoms with Crippen molar-refractivity contribution in [2.75, 3.05) is 17.6 Å². The molecule has 0 spiro atoms. The number of amides is 2. The van der Waals surface area contributed by atoms with E-state index in [0.717, 1.165) is 0 Å². The Bertz CT molecular complexity index is 1030. The first-order valence-corrected chi connectivity index (χ1v) is 10.8. The number of nitrogens with one attached hydrogen (secondary N) is 2. The van der Waals surface area contributed by atoms with Gasteiger partial charge in [0.25, 0.3) is 11.8 Å². The first-order valence-electron chi connectivity index (χ1n) is 9.10. The molecule has 0 bridgehead atoms. The highest BCUT2D eigenvalue weighted by Crippen LogP contribution is 2.22. The molecule has 2 aromatic carbocycles. The molecule has 0 saturated heterocycles. The fraction of sp³-hybridized carbons (Fsp3) is 0.333. The van der Waals surface area contributed by atoms with Crippen LogP contribution < -0.4 is 10.6 Å². The van der Waals surface area contributed by atoms with Gasteiger partial charge in [0, 0.05) is 6.54 Å². The molecule has 156 valence electrons. The smallest absolute Gasteiger partial charge is 0.258 e. The molecule has 2 amide bonds. The average Bonchev–Trinajstić information content (AvgIpc) is 2.62. The monoisotopic (exact) mass is 420 g/mol. The van der Waals surface area contributed by atoms with Gasteiger partial charge in [-0.15, -0.1) is 0 Å². The standard InChI is InChI=1S/C21H25FN2O4S/c1-14-8-7-10-16(19(25)23-12-13-29(27,28)21(2,3)4)18(14)24-20(26)15-9-5-6-11-17(15)22/h5-11H,12-13H2,1-4H3,(H,23,25)(H,24,26). The molecule has 6 nitrogen and oxygen atoms in total. The van der Waals surface area contributed by atoms with E-state index in [9.17, 15) is 22.4 Å². The van der Waals surface area contributed by atoms with E-state index in [2.05, 4.69) is 10.6 Å². The third-order valence-corrected chi connectivity index (χ3v) is 7.07. The highest BCUT2D eigenvalue weighted by atomic mass is 32.2. The van der Waals surface area contributed by atoms with Gasteiger partial charge in [-0.2, -0.15) is 0 Å². The predicted molar refractivity (Wildman–Crippen MR) is 111 cm³/mol.